The molecule has 3 unspecified atom stereocenters. The van der Waals surface area contributed by atoms with Gasteiger partial charge in [-0.15, -0.1) is 0 Å². The number of phenolic OH excluding ortho intramolecular Hbond substituents is 1. The van der Waals surface area contributed by atoms with E-state index < -0.39 is 0 Å². The van der Waals surface area contributed by atoms with Gasteiger partial charge in [0.1, 0.15) is 29.7 Å². The number of fused-ring (bicyclic) bond motifs is 6. The number of piperazine rings is 1. The van der Waals surface area contributed by atoms with Crippen LogP contribution < -0.4 is 24.6 Å². The number of ether oxygens (including phenoxy) is 2. The Balaban J connectivity index is 0.791. The van der Waals surface area contributed by atoms with Crippen LogP contribution in [0.1, 0.15) is 82.1 Å². The van der Waals surface area contributed by atoms with Gasteiger partial charge in [-0.05, 0) is 103 Å². The molecular weight excluding hydrogens is 680 g/mol. The topological polar surface area (TPSA) is 77.5 Å². The van der Waals surface area contributed by atoms with Crippen LogP contribution in [0.25, 0.3) is 0 Å². The molecule has 1 spiro atoms. The van der Waals surface area contributed by atoms with E-state index in [-0.39, 0.29) is 29.3 Å². The van der Waals surface area contributed by atoms with Crippen LogP contribution in [0.4, 0.5) is 15.8 Å². The molecule has 0 radical (unpaired) electrons. The molecule has 0 bridgehead atoms. The molecule has 54 heavy (non-hydrogen) atoms. The Labute approximate surface area is 316 Å². The predicted molar refractivity (Wildman–Crippen MR) is 208 cm³/mol. The molecule has 8 nitrogen and oxygen atoms in total. The summed E-state index contributed by atoms with van der Waals surface area (Å²) in [7, 11) is 1.70. The molecule has 4 aromatic carbocycles. The zero-order valence-electron chi connectivity index (χ0n) is 31.0. The van der Waals surface area contributed by atoms with Gasteiger partial charge in [0.25, 0.3) is 5.91 Å². The molecule has 1 amide bonds. The van der Waals surface area contributed by atoms with E-state index in [0.29, 0.717) is 36.2 Å². The van der Waals surface area contributed by atoms with Gasteiger partial charge in [-0.2, -0.15) is 0 Å². The van der Waals surface area contributed by atoms with Gasteiger partial charge in [0.05, 0.1) is 24.5 Å². The summed E-state index contributed by atoms with van der Waals surface area (Å²) in [5.41, 5.74) is 8.26. The average molecular weight is 729 g/mol. The fourth-order valence-corrected chi connectivity index (χ4v) is 11.1. The number of piperidine rings is 1. The quantitative estimate of drug-likeness (QED) is 0.217. The molecule has 0 aromatic heterocycles. The zero-order chi connectivity index (χ0) is 36.6. The van der Waals surface area contributed by atoms with Crippen molar-refractivity contribution in [1.82, 2.24) is 10.2 Å². The predicted octanol–water partition coefficient (Wildman–Crippen LogP) is 7.23. The van der Waals surface area contributed by atoms with Crippen molar-refractivity contribution >= 4 is 17.3 Å². The van der Waals surface area contributed by atoms with Crippen molar-refractivity contribution < 1.29 is 23.8 Å². The van der Waals surface area contributed by atoms with E-state index in [4.69, 9.17) is 9.47 Å². The van der Waals surface area contributed by atoms with E-state index in [1.165, 1.54) is 18.4 Å². The van der Waals surface area contributed by atoms with Gasteiger partial charge >= 0.3 is 0 Å². The summed E-state index contributed by atoms with van der Waals surface area (Å²) in [5.74, 6) is 2.49. The van der Waals surface area contributed by atoms with E-state index in [0.717, 1.165) is 110 Å². The highest BCUT2D eigenvalue weighted by atomic mass is 19.1. The van der Waals surface area contributed by atoms with Crippen LogP contribution in [-0.2, 0) is 13.0 Å². The van der Waals surface area contributed by atoms with Crippen molar-refractivity contribution in [2.45, 2.75) is 62.9 Å². The lowest BCUT2D eigenvalue weighted by Crippen LogP contribution is -2.59. The molecular formula is C45H49FN4O4. The van der Waals surface area contributed by atoms with Crippen molar-refractivity contribution in [3.63, 3.8) is 0 Å². The van der Waals surface area contributed by atoms with Gasteiger partial charge in [-0.3, -0.25) is 9.69 Å². The Morgan fingerprint density at radius 2 is 1.80 bits per heavy atom. The summed E-state index contributed by atoms with van der Waals surface area (Å²) in [6.45, 7) is 7.07. The van der Waals surface area contributed by atoms with Crippen LogP contribution in [0.2, 0.25) is 0 Å². The number of rotatable bonds is 6. The van der Waals surface area contributed by atoms with Crippen LogP contribution in [0.3, 0.4) is 0 Å². The molecule has 3 fully saturated rings. The number of nitrogens with zero attached hydrogens (tertiary/aromatic N) is 3. The zero-order valence-corrected chi connectivity index (χ0v) is 31.0. The number of anilines is 2. The number of carbonyl (C=O) groups is 1. The van der Waals surface area contributed by atoms with Crippen LogP contribution in [-0.4, -0.2) is 74.9 Å². The molecule has 4 heterocycles. The number of phenols is 1. The minimum Gasteiger partial charge on any atom is -0.508 e. The minimum atomic E-state index is -0.186. The summed E-state index contributed by atoms with van der Waals surface area (Å²) in [5, 5.41) is 13.2. The molecule has 4 aliphatic heterocycles. The minimum absolute atomic E-state index is 0.00364. The van der Waals surface area contributed by atoms with Gasteiger partial charge in [0.15, 0.2) is 0 Å². The van der Waals surface area contributed by atoms with Crippen molar-refractivity contribution in [2.75, 3.05) is 62.8 Å². The number of hydrogen-bond acceptors (Lipinski definition) is 7. The molecule has 4 aromatic rings. The summed E-state index contributed by atoms with van der Waals surface area (Å²) >= 11 is 0. The molecule has 2 aliphatic carbocycles. The third kappa shape index (κ3) is 5.69. The average Bonchev–Trinajstić information content (AvgIpc) is 3.57. The Bertz CT molecular complexity index is 2090. The Kier molecular flexibility index (Phi) is 8.27. The highest BCUT2D eigenvalue weighted by Crippen LogP contribution is 2.54. The molecule has 10 rings (SSSR count). The molecule has 2 saturated heterocycles. The second kappa shape index (κ2) is 13.2. The third-order valence-electron chi connectivity index (χ3n) is 13.8. The number of benzene rings is 4. The standard InChI is InChI=1S/C45H49FN4O4/c1-53-41-21-40(38(46)20-36(41)42-33(29-5-3-2-4-6-29)9-7-30-19-32(51)8-10-34(30)42)49-15-13-45(14-16-49)22-28(23-45)25-48-17-18-50-31(26-48)27-54-43-37-24-47-44(52)35(37)11-12-39(43)50/h2-6,8,10-12,19-21,28,31,33,42,51H,7,9,13-18,22-27H2,1H3,(H,47,52). The monoisotopic (exact) mass is 728 g/mol. The summed E-state index contributed by atoms with van der Waals surface area (Å²) < 4.78 is 28.8. The summed E-state index contributed by atoms with van der Waals surface area (Å²) in [4.78, 5) is 19.6. The summed E-state index contributed by atoms with van der Waals surface area (Å²) in [6, 6.07) is 24.2. The maximum Gasteiger partial charge on any atom is 0.252 e. The number of aryl methyl sites for hydroxylation is 1. The number of amides is 1. The van der Waals surface area contributed by atoms with Crippen molar-refractivity contribution in [3.05, 3.63) is 112 Å². The normalized spacial score (nSPS) is 24.5. The van der Waals surface area contributed by atoms with E-state index in [1.54, 1.807) is 19.2 Å². The second-order valence-electron chi connectivity index (χ2n) is 16.8. The lowest BCUT2D eigenvalue weighted by atomic mass is 9.57. The van der Waals surface area contributed by atoms with Gasteiger partial charge in [0.2, 0.25) is 0 Å². The number of aromatic hydroxyl groups is 1. The number of halogens is 1. The van der Waals surface area contributed by atoms with E-state index in [2.05, 4.69) is 50.3 Å². The van der Waals surface area contributed by atoms with Crippen molar-refractivity contribution in [2.24, 2.45) is 11.3 Å². The van der Waals surface area contributed by atoms with Crippen molar-refractivity contribution in [1.29, 1.82) is 0 Å². The lowest BCUT2D eigenvalue weighted by molar-refractivity contribution is 0.00293. The Morgan fingerprint density at radius 3 is 2.61 bits per heavy atom. The highest BCUT2D eigenvalue weighted by molar-refractivity contribution is 6.00. The first-order chi connectivity index (χ1) is 26.4. The molecule has 280 valence electrons. The molecule has 2 N–H and O–H groups in total. The largest absolute Gasteiger partial charge is 0.508 e. The number of nitrogens with one attached hydrogen (secondary N) is 1. The molecule has 1 saturated carbocycles. The van der Waals surface area contributed by atoms with Crippen LogP contribution >= 0.6 is 0 Å². The lowest BCUT2D eigenvalue weighted by Gasteiger charge is -2.54. The number of methoxy groups -OCH3 is 1. The maximum atomic E-state index is 16.4. The number of hydrogen-bond donors (Lipinski definition) is 2. The van der Waals surface area contributed by atoms with Crippen LogP contribution in [0.15, 0.2) is 72.8 Å². The van der Waals surface area contributed by atoms with Gasteiger partial charge < -0.3 is 29.7 Å². The molecule has 9 heteroatoms. The Hall–Kier alpha value is -4.76. The van der Waals surface area contributed by atoms with E-state index in [1.807, 2.05) is 30.3 Å². The van der Waals surface area contributed by atoms with Crippen LogP contribution in [0, 0.1) is 17.2 Å². The molecule has 6 aliphatic rings. The van der Waals surface area contributed by atoms with E-state index in [9.17, 15) is 9.90 Å². The fraction of sp³-hybridized carbons (Fsp3) is 0.444. The van der Waals surface area contributed by atoms with E-state index >= 15 is 4.39 Å². The van der Waals surface area contributed by atoms with Crippen LogP contribution in [0.5, 0.6) is 17.2 Å². The van der Waals surface area contributed by atoms with Gasteiger partial charge in [-0.25, -0.2) is 4.39 Å². The Morgan fingerprint density at radius 1 is 0.963 bits per heavy atom. The smallest absolute Gasteiger partial charge is 0.252 e. The number of carbonyl (C=O) groups excluding carboxylic acids is 1. The maximum absolute atomic E-state index is 16.4. The van der Waals surface area contributed by atoms with Gasteiger partial charge in [-0.1, -0.05) is 36.4 Å². The highest BCUT2D eigenvalue weighted by Gasteiger charge is 2.47. The summed E-state index contributed by atoms with van der Waals surface area (Å²) in [6.07, 6.45) is 6.46. The van der Waals surface area contributed by atoms with Crippen molar-refractivity contribution in [3.8, 4) is 17.2 Å². The first-order valence-electron chi connectivity index (χ1n) is 19.9. The second-order valence-corrected chi connectivity index (χ2v) is 16.8. The fourth-order valence-electron chi connectivity index (χ4n) is 11.1. The SMILES string of the molecule is COc1cc(N2CCC3(CC2)CC(CN2CCN4c5ccc6c(c5OCC4C2)CNC6=O)C3)c(F)cc1C1c2ccc(O)cc2CCC1c1ccccc1. The first kappa shape index (κ1) is 33.8. The van der Waals surface area contributed by atoms with Gasteiger partial charge in [0, 0.05) is 74.5 Å². The third-order valence-corrected chi connectivity index (χ3v) is 13.8. The molecule has 3 atom stereocenters. The first-order valence-corrected chi connectivity index (χ1v) is 19.9.